The first-order valence-electron chi connectivity index (χ1n) is 5.09. The summed E-state index contributed by atoms with van der Waals surface area (Å²) in [5, 5.41) is 4.66. The van der Waals surface area contributed by atoms with E-state index in [9.17, 15) is 9.59 Å². The summed E-state index contributed by atoms with van der Waals surface area (Å²) in [5.41, 5.74) is 9.31. The zero-order chi connectivity index (χ0) is 12.7. The van der Waals surface area contributed by atoms with Crippen molar-refractivity contribution in [3.05, 3.63) is 51.9 Å². The lowest BCUT2D eigenvalue weighted by Crippen LogP contribution is -2.19. The molecule has 0 aromatic heterocycles. The molecule has 0 unspecified atom stereocenters. The predicted octanol–water partition coefficient (Wildman–Crippen LogP) is 3.09. The first-order chi connectivity index (χ1) is 8.70. The van der Waals surface area contributed by atoms with Gasteiger partial charge in [0.15, 0.2) is 0 Å². The van der Waals surface area contributed by atoms with Gasteiger partial charge in [-0.3, -0.25) is 0 Å². The number of esters is 2. The molecule has 0 bridgehead atoms. The van der Waals surface area contributed by atoms with E-state index >= 15 is 0 Å². The Morgan fingerprint density at radius 1 is 1.11 bits per heavy atom. The molecule has 0 radical (unpaired) electrons. The van der Waals surface area contributed by atoms with Crippen LogP contribution < -0.4 is 0 Å². The van der Waals surface area contributed by atoms with Gasteiger partial charge >= 0.3 is 11.9 Å². The summed E-state index contributed by atoms with van der Waals surface area (Å²) in [7, 11) is 0. The van der Waals surface area contributed by atoms with Crippen LogP contribution in [0.25, 0.3) is 21.2 Å². The van der Waals surface area contributed by atoms with Crippen LogP contribution in [0.4, 0.5) is 5.69 Å². The number of carbonyl (C=O) groups is 2. The van der Waals surface area contributed by atoms with E-state index in [1.54, 1.807) is 24.3 Å². The van der Waals surface area contributed by atoms with E-state index in [1.807, 2.05) is 0 Å². The van der Waals surface area contributed by atoms with Crippen molar-refractivity contribution in [1.82, 2.24) is 0 Å². The molecule has 0 saturated heterocycles. The van der Waals surface area contributed by atoms with Crippen molar-refractivity contribution in [3.8, 4) is 0 Å². The fraction of sp³-hybridized carbons (Fsp3) is 0. The summed E-state index contributed by atoms with van der Waals surface area (Å²) in [6, 6.07) is 8.05. The van der Waals surface area contributed by atoms with Crippen molar-refractivity contribution in [3.63, 3.8) is 0 Å². The molecule has 6 heteroatoms. The Balaban J connectivity index is 2.48. The van der Waals surface area contributed by atoms with Gasteiger partial charge in [0.25, 0.3) is 0 Å². The molecule has 0 N–H and O–H groups in total. The van der Waals surface area contributed by atoms with E-state index in [-0.39, 0.29) is 5.56 Å². The molecule has 0 spiro atoms. The summed E-state index contributed by atoms with van der Waals surface area (Å²) < 4.78 is 4.62. The summed E-state index contributed by atoms with van der Waals surface area (Å²) in [6.45, 7) is 0. The molecule has 1 aliphatic heterocycles. The average molecular weight is 239 g/mol. The van der Waals surface area contributed by atoms with Crippen molar-refractivity contribution in [1.29, 1.82) is 0 Å². The van der Waals surface area contributed by atoms with Crippen LogP contribution in [0.3, 0.4) is 0 Å². The second-order valence-corrected chi connectivity index (χ2v) is 3.76. The van der Waals surface area contributed by atoms with Gasteiger partial charge < -0.3 is 4.74 Å². The lowest BCUT2D eigenvalue weighted by atomic mass is 9.97. The van der Waals surface area contributed by atoms with Gasteiger partial charge in [-0.25, -0.2) is 9.59 Å². The highest BCUT2D eigenvalue weighted by atomic mass is 16.6. The zero-order valence-corrected chi connectivity index (χ0v) is 8.95. The Morgan fingerprint density at radius 3 is 2.67 bits per heavy atom. The molecule has 1 heterocycles. The fourth-order valence-corrected chi connectivity index (χ4v) is 2.05. The minimum atomic E-state index is -0.723. The molecule has 1 aliphatic rings. The van der Waals surface area contributed by atoms with Crippen LogP contribution in [0.15, 0.2) is 35.4 Å². The molecule has 0 amide bonds. The molecular formula is C12H5N3O3. The third-order valence-corrected chi connectivity index (χ3v) is 2.75. The quantitative estimate of drug-likeness (QED) is 0.251. The number of ether oxygens (including phenoxy) is 1. The number of cyclic esters (lactones) is 2. The molecule has 0 atom stereocenters. The molecule has 18 heavy (non-hydrogen) atoms. The summed E-state index contributed by atoms with van der Waals surface area (Å²) in [6.07, 6.45) is 0. The molecule has 0 aliphatic carbocycles. The minimum absolute atomic E-state index is 0.241. The van der Waals surface area contributed by atoms with Crippen LogP contribution in [0.5, 0.6) is 0 Å². The monoisotopic (exact) mass is 239 g/mol. The zero-order valence-electron chi connectivity index (χ0n) is 8.95. The molecule has 0 saturated carbocycles. The largest absolute Gasteiger partial charge is 0.386 e. The van der Waals surface area contributed by atoms with Crippen LogP contribution in [0, 0.1) is 0 Å². The van der Waals surface area contributed by atoms with Gasteiger partial charge in [-0.1, -0.05) is 17.2 Å². The van der Waals surface area contributed by atoms with E-state index < -0.39 is 11.9 Å². The molecule has 0 fully saturated rings. The predicted molar refractivity (Wildman–Crippen MR) is 62.5 cm³/mol. The number of hydrogen-bond acceptors (Lipinski definition) is 4. The van der Waals surface area contributed by atoms with Crippen molar-refractivity contribution < 1.29 is 14.3 Å². The van der Waals surface area contributed by atoms with E-state index in [0.29, 0.717) is 22.0 Å². The van der Waals surface area contributed by atoms with Gasteiger partial charge in [-0.05, 0) is 29.1 Å². The van der Waals surface area contributed by atoms with Gasteiger partial charge in [0.1, 0.15) is 0 Å². The second-order valence-electron chi connectivity index (χ2n) is 3.76. The van der Waals surface area contributed by atoms with Gasteiger partial charge in [0.2, 0.25) is 0 Å². The standard InChI is InChI=1S/C12H5N3O3/c13-15-14-7-4-6-2-1-3-8-10(6)9(5-7)12(17)18-11(8)16/h1-5H. The Morgan fingerprint density at radius 2 is 1.89 bits per heavy atom. The molecule has 6 nitrogen and oxygen atoms in total. The normalized spacial score (nSPS) is 13.1. The van der Waals surface area contributed by atoms with E-state index in [4.69, 9.17) is 5.53 Å². The topological polar surface area (TPSA) is 92.1 Å². The summed E-state index contributed by atoms with van der Waals surface area (Å²) in [4.78, 5) is 25.9. The average Bonchev–Trinajstić information content (AvgIpc) is 2.36. The molecule has 2 aromatic carbocycles. The third kappa shape index (κ3) is 1.33. The number of carbonyl (C=O) groups excluding carboxylic acids is 2. The lowest BCUT2D eigenvalue weighted by molar-refractivity contribution is 0.0391. The third-order valence-electron chi connectivity index (χ3n) is 2.75. The van der Waals surface area contributed by atoms with Crippen LogP contribution in [0.1, 0.15) is 20.7 Å². The second kappa shape index (κ2) is 3.58. The maximum atomic E-state index is 11.7. The Labute approximate surface area is 100 Å². The van der Waals surface area contributed by atoms with E-state index in [2.05, 4.69) is 14.8 Å². The number of benzene rings is 2. The van der Waals surface area contributed by atoms with E-state index in [1.165, 1.54) is 6.07 Å². The first-order valence-corrected chi connectivity index (χ1v) is 5.09. The Hall–Kier alpha value is -2.85. The van der Waals surface area contributed by atoms with Gasteiger partial charge in [0.05, 0.1) is 11.1 Å². The highest BCUT2D eigenvalue weighted by Crippen LogP contribution is 2.32. The van der Waals surface area contributed by atoms with Crippen molar-refractivity contribution in [2.45, 2.75) is 0 Å². The minimum Gasteiger partial charge on any atom is -0.386 e. The molecule has 2 aromatic rings. The Bertz CT molecular complexity index is 760. The van der Waals surface area contributed by atoms with Crippen LogP contribution in [0.2, 0.25) is 0 Å². The molecule has 86 valence electrons. The lowest BCUT2D eigenvalue weighted by Gasteiger charge is -2.15. The molecule has 3 rings (SSSR count). The van der Waals surface area contributed by atoms with Crippen molar-refractivity contribution >= 4 is 28.4 Å². The summed E-state index contributed by atoms with van der Waals surface area (Å²) in [5.74, 6) is -1.38. The maximum absolute atomic E-state index is 11.7. The first kappa shape index (κ1) is 10.3. The number of nitrogens with zero attached hydrogens (tertiary/aromatic N) is 3. The smallest absolute Gasteiger partial charge is 0.346 e. The van der Waals surface area contributed by atoms with Crippen LogP contribution in [-0.4, -0.2) is 11.9 Å². The number of rotatable bonds is 1. The fourth-order valence-electron chi connectivity index (χ4n) is 2.05. The molecular weight excluding hydrogens is 234 g/mol. The maximum Gasteiger partial charge on any atom is 0.346 e. The van der Waals surface area contributed by atoms with Crippen LogP contribution >= 0.6 is 0 Å². The van der Waals surface area contributed by atoms with E-state index in [0.717, 1.165) is 0 Å². The van der Waals surface area contributed by atoms with Crippen LogP contribution in [-0.2, 0) is 4.74 Å². The van der Waals surface area contributed by atoms with Gasteiger partial charge in [-0.15, -0.1) is 0 Å². The highest BCUT2D eigenvalue weighted by molar-refractivity contribution is 6.21. The van der Waals surface area contributed by atoms with Gasteiger partial charge in [-0.2, -0.15) is 0 Å². The van der Waals surface area contributed by atoms with Gasteiger partial charge in [0, 0.05) is 16.0 Å². The SMILES string of the molecule is [N-]=[N+]=Nc1cc2c3c(cccc3c1)C(=O)OC2=O. The number of hydrogen-bond donors (Lipinski definition) is 0. The Kier molecular flexibility index (Phi) is 2.05. The van der Waals surface area contributed by atoms with Crippen molar-refractivity contribution in [2.75, 3.05) is 0 Å². The summed E-state index contributed by atoms with van der Waals surface area (Å²) >= 11 is 0. The number of azide groups is 1. The van der Waals surface area contributed by atoms with Crippen molar-refractivity contribution in [2.24, 2.45) is 5.11 Å². The highest BCUT2D eigenvalue weighted by Gasteiger charge is 2.27.